The van der Waals surface area contributed by atoms with Gasteiger partial charge in [0.2, 0.25) is 0 Å². The number of amides is 1. The summed E-state index contributed by atoms with van der Waals surface area (Å²) in [4.78, 5) is 44.2. The van der Waals surface area contributed by atoms with Crippen LogP contribution in [0, 0.1) is 0 Å². The Hall–Kier alpha value is -4.45. The quantitative estimate of drug-likeness (QED) is 0.354. The molecule has 0 aliphatic carbocycles. The molecule has 0 aromatic carbocycles. The second-order valence-corrected chi connectivity index (χ2v) is 12.0. The molecule has 0 radical (unpaired) electrons. The molecule has 4 aromatic heterocycles. The number of nitrogens with one attached hydrogen (secondary N) is 1. The fraction of sp³-hybridized carbons (Fsp3) is 0.452. The molecular weight excluding hydrogens is 542 g/mol. The molecule has 6 heterocycles. The standard InChI is InChI=1S/C22H28N8.C9H13N3O/c1-28-11-13-29(14-12-28)17-5-6-19(25-16-17)26-18-15-20(30-9-3-2-4-10-30)27-22-21(18)23-7-8-24-22;1-9(2,3)7-5-11-6(4-12-7)8(10)13/h5-8,15-16H,2-4,9-14H2,1H3,(H,24,25,26,27);4-5H,1-3H3,(H2,10,13). The van der Waals surface area contributed by atoms with Crippen molar-refractivity contribution in [1.29, 1.82) is 0 Å². The molecule has 12 heteroatoms. The topological polar surface area (TPSA) is 142 Å². The lowest BCUT2D eigenvalue weighted by Crippen LogP contribution is -2.44. The van der Waals surface area contributed by atoms with E-state index in [-0.39, 0.29) is 11.1 Å². The molecule has 0 saturated carbocycles. The monoisotopic (exact) mass is 583 g/mol. The molecule has 43 heavy (non-hydrogen) atoms. The highest BCUT2D eigenvalue weighted by Crippen LogP contribution is 2.29. The summed E-state index contributed by atoms with van der Waals surface area (Å²) in [5.74, 6) is 1.21. The lowest BCUT2D eigenvalue weighted by molar-refractivity contribution is 0.0995. The van der Waals surface area contributed by atoms with Gasteiger partial charge in [-0.05, 0) is 38.4 Å². The van der Waals surface area contributed by atoms with E-state index in [9.17, 15) is 4.79 Å². The lowest BCUT2D eigenvalue weighted by Gasteiger charge is -2.33. The van der Waals surface area contributed by atoms with E-state index in [1.54, 1.807) is 18.6 Å². The van der Waals surface area contributed by atoms with Crippen LogP contribution in [-0.2, 0) is 5.41 Å². The maximum atomic E-state index is 10.7. The van der Waals surface area contributed by atoms with E-state index in [1.807, 2.05) is 33.0 Å². The molecule has 2 saturated heterocycles. The minimum Gasteiger partial charge on any atom is -0.368 e. The normalized spacial score (nSPS) is 16.0. The Morgan fingerprint density at radius 2 is 1.58 bits per heavy atom. The smallest absolute Gasteiger partial charge is 0.268 e. The number of carbonyl (C=O) groups is 1. The minimum atomic E-state index is -0.548. The van der Waals surface area contributed by atoms with Crippen molar-refractivity contribution in [1.82, 2.24) is 34.8 Å². The van der Waals surface area contributed by atoms with Crippen molar-refractivity contribution in [2.75, 3.05) is 61.4 Å². The Labute approximate surface area is 252 Å². The van der Waals surface area contributed by atoms with Crippen LogP contribution in [0.1, 0.15) is 56.2 Å². The summed E-state index contributed by atoms with van der Waals surface area (Å²) in [7, 11) is 2.17. The molecule has 2 fully saturated rings. The highest BCUT2D eigenvalue weighted by Gasteiger charge is 2.18. The number of nitrogens with zero attached hydrogens (tertiary/aromatic N) is 9. The number of nitrogens with two attached hydrogens (primary N) is 1. The molecular formula is C31H41N11O. The Morgan fingerprint density at radius 1 is 0.837 bits per heavy atom. The van der Waals surface area contributed by atoms with Gasteiger partial charge in [0.15, 0.2) is 5.65 Å². The zero-order chi connectivity index (χ0) is 30.4. The van der Waals surface area contributed by atoms with Gasteiger partial charge >= 0.3 is 0 Å². The highest BCUT2D eigenvalue weighted by atomic mass is 16.1. The maximum Gasteiger partial charge on any atom is 0.268 e. The number of likely N-dealkylation sites (N-methyl/N-ethyl adjacent to an activating group) is 1. The Bertz CT molecular complexity index is 1510. The zero-order valence-electron chi connectivity index (χ0n) is 25.5. The van der Waals surface area contributed by atoms with Crippen molar-refractivity contribution >= 4 is 40.1 Å². The lowest BCUT2D eigenvalue weighted by atomic mass is 9.93. The van der Waals surface area contributed by atoms with Crippen LogP contribution in [0.4, 0.5) is 23.0 Å². The summed E-state index contributed by atoms with van der Waals surface area (Å²) in [6.07, 6.45) is 12.0. The van der Waals surface area contributed by atoms with E-state index in [4.69, 9.17) is 10.7 Å². The van der Waals surface area contributed by atoms with Crippen LogP contribution in [0.15, 0.2) is 49.2 Å². The summed E-state index contributed by atoms with van der Waals surface area (Å²) in [5.41, 5.74) is 9.52. The Morgan fingerprint density at radius 3 is 2.21 bits per heavy atom. The van der Waals surface area contributed by atoms with E-state index in [2.05, 4.69) is 64.1 Å². The molecule has 0 atom stereocenters. The molecule has 0 spiro atoms. The fourth-order valence-corrected chi connectivity index (χ4v) is 5.01. The molecule has 2 aliphatic heterocycles. The summed E-state index contributed by atoms with van der Waals surface area (Å²) in [5, 5.41) is 3.46. The predicted molar refractivity (Wildman–Crippen MR) is 170 cm³/mol. The Balaban J connectivity index is 0.000000239. The van der Waals surface area contributed by atoms with Gasteiger partial charge in [-0.25, -0.2) is 24.9 Å². The van der Waals surface area contributed by atoms with Crippen LogP contribution in [0.2, 0.25) is 0 Å². The third kappa shape index (κ3) is 7.69. The van der Waals surface area contributed by atoms with Gasteiger partial charge in [0.25, 0.3) is 5.91 Å². The average molecular weight is 584 g/mol. The van der Waals surface area contributed by atoms with Gasteiger partial charge in [-0.15, -0.1) is 0 Å². The van der Waals surface area contributed by atoms with Crippen molar-refractivity contribution in [3.05, 3.63) is 60.6 Å². The van der Waals surface area contributed by atoms with Crippen molar-refractivity contribution < 1.29 is 4.79 Å². The van der Waals surface area contributed by atoms with Crippen LogP contribution >= 0.6 is 0 Å². The minimum absolute atomic E-state index is 0.0524. The number of pyridine rings is 2. The largest absolute Gasteiger partial charge is 0.368 e. The maximum absolute atomic E-state index is 10.7. The predicted octanol–water partition coefficient (Wildman–Crippen LogP) is 3.78. The van der Waals surface area contributed by atoms with Gasteiger partial charge in [-0.1, -0.05) is 20.8 Å². The van der Waals surface area contributed by atoms with Crippen LogP contribution in [0.3, 0.4) is 0 Å². The number of hydrogen-bond acceptors (Lipinski definition) is 11. The molecule has 6 rings (SSSR count). The first kappa shape index (κ1) is 30.0. The van der Waals surface area contributed by atoms with Gasteiger partial charge in [-0.2, -0.15) is 0 Å². The van der Waals surface area contributed by atoms with Crippen molar-refractivity contribution in [2.45, 2.75) is 45.4 Å². The highest BCUT2D eigenvalue weighted by molar-refractivity contribution is 5.90. The molecule has 4 aromatic rings. The molecule has 226 valence electrons. The first-order valence-corrected chi connectivity index (χ1v) is 14.8. The number of aromatic nitrogens is 6. The van der Waals surface area contributed by atoms with Gasteiger partial charge in [0, 0.05) is 69.3 Å². The Kier molecular flexibility index (Phi) is 9.24. The number of rotatable bonds is 5. The first-order valence-electron chi connectivity index (χ1n) is 14.8. The summed E-state index contributed by atoms with van der Waals surface area (Å²) < 4.78 is 0. The summed E-state index contributed by atoms with van der Waals surface area (Å²) in [6, 6.07) is 6.26. The molecule has 2 aliphatic rings. The van der Waals surface area contributed by atoms with Crippen LogP contribution < -0.4 is 20.9 Å². The van der Waals surface area contributed by atoms with E-state index < -0.39 is 5.91 Å². The summed E-state index contributed by atoms with van der Waals surface area (Å²) >= 11 is 0. The number of hydrogen-bond donors (Lipinski definition) is 2. The van der Waals surface area contributed by atoms with Gasteiger partial charge in [0.1, 0.15) is 22.8 Å². The van der Waals surface area contributed by atoms with Gasteiger partial charge < -0.3 is 25.8 Å². The molecule has 0 bridgehead atoms. The van der Waals surface area contributed by atoms with Gasteiger partial charge in [-0.3, -0.25) is 9.78 Å². The second kappa shape index (κ2) is 13.2. The van der Waals surface area contributed by atoms with Gasteiger partial charge in [0.05, 0.1) is 29.5 Å². The summed E-state index contributed by atoms with van der Waals surface area (Å²) in [6.45, 7) is 12.4. The zero-order valence-corrected chi connectivity index (χ0v) is 25.5. The molecule has 0 unspecified atom stereocenters. The third-order valence-electron chi connectivity index (χ3n) is 7.66. The van der Waals surface area contributed by atoms with E-state index >= 15 is 0 Å². The number of piperazine rings is 1. The molecule has 12 nitrogen and oxygen atoms in total. The third-order valence-corrected chi connectivity index (χ3v) is 7.66. The number of anilines is 4. The first-order chi connectivity index (χ1) is 20.7. The van der Waals surface area contributed by atoms with Crippen LogP contribution in [0.25, 0.3) is 11.2 Å². The number of piperidine rings is 1. The van der Waals surface area contributed by atoms with E-state index in [1.165, 1.54) is 31.1 Å². The van der Waals surface area contributed by atoms with E-state index in [0.29, 0.717) is 5.65 Å². The number of carbonyl (C=O) groups excluding carboxylic acids is 1. The number of fused-ring (bicyclic) bond motifs is 1. The molecule has 1 amide bonds. The van der Waals surface area contributed by atoms with E-state index in [0.717, 1.165) is 67.8 Å². The SMILES string of the molecule is CC(C)(C)c1cnc(C(N)=O)cn1.CN1CCN(c2ccc(Nc3cc(N4CCCCC4)nc4nccnc34)nc2)CC1. The van der Waals surface area contributed by atoms with Crippen molar-refractivity contribution in [2.24, 2.45) is 5.73 Å². The second-order valence-electron chi connectivity index (χ2n) is 12.0. The van der Waals surface area contributed by atoms with Crippen LogP contribution in [0.5, 0.6) is 0 Å². The van der Waals surface area contributed by atoms with Crippen LogP contribution in [-0.4, -0.2) is 87.0 Å². The fourth-order valence-electron chi connectivity index (χ4n) is 5.01. The average Bonchev–Trinajstić information content (AvgIpc) is 3.02. The van der Waals surface area contributed by atoms with Crippen molar-refractivity contribution in [3.63, 3.8) is 0 Å². The number of primary amides is 1. The van der Waals surface area contributed by atoms with Crippen molar-refractivity contribution in [3.8, 4) is 0 Å². The molecule has 3 N–H and O–H groups in total.